The van der Waals surface area contributed by atoms with Crippen LogP contribution >= 0.6 is 0 Å². The lowest BCUT2D eigenvalue weighted by Gasteiger charge is -2.51. The molecule has 4 aliphatic carbocycles. The third-order valence-corrected chi connectivity index (χ3v) is 23.9. The first-order valence-electron chi connectivity index (χ1n) is 32.4. The third kappa shape index (κ3) is 7.74. The fraction of sp³-hybridized carbons (Fsp3) is 0.513. The molecule has 4 nitrogen and oxygen atoms in total. The zero-order valence-electron chi connectivity index (χ0n) is 54.6. The fourth-order valence-electron chi connectivity index (χ4n) is 17.7. The van der Waals surface area contributed by atoms with E-state index in [2.05, 4.69) is 250 Å². The van der Waals surface area contributed by atoms with Gasteiger partial charge in [-0.15, -0.1) is 0 Å². The zero-order chi connectivity index (χ0) is 59.1. The van der Waals surface area contributed by atoms with Gasteiger partial charge in [-0.3, -0.25) is 0 Å². The highest BCUT2D eigenvalue weighted by Gasteiger charge is 2.59. The van der Waals surface area contributed by atoms with Gasteiger partial charge in [-0.05, 0) is 223 Å². The number of furan rings is 1. The van der Waals surface area contributed by atoms with Gasteiger partial charge in [-0.25, -0.2) is 0 Å². The van der Waals surface area contributed by atoms with Crippen LogP contribution in [-0.4, -0.2) is 12.3 Å². The van der Waals surface area contributed by atoms with E-state index in [9.17, 15) is 0 Å². The fourth-order valence-corrected chi connectivity index (χ4v) is 17.7. The van der Waals surface area contributed by atoms with Crippen LogP contribution in [-0.2, 0) is 48.7 Å². The summed E-state index contributed by atoms with van der Waals surface area (Å²) in [6.07, 6.45) is 11.7. The maximum atomic E-state index is 7.97. The van der Waals surface area contributed by atoms with E-state index in [0.717, 1.165) is 49.8 Å². The predicted octanol–water partition coefficient (Wildman–Crippen LogP) is 19.9. The number of nitrogens with zero attached hydrogens (tertiary/aromatic N) is 3. The van der Waals surface area contributed by atoms with E-state index >= 15 is 0 Å². The van der Waals surface area contributed by atoms with Crippen molar-refractivity contribution in [2.24, 2.45) is 0 Å². The molecule has 2 unspecified atom stereocenters. The Morgan fingerprint density at radius 3 is 1.51 bits per heavy atom. The average Bonchev–Trinajstić information content (AvgIpc) is 1.75. The summed E-state index contributed by atoms with van der Waals surface area (Å²) < 4.78 is 7.97. The number of anilines is 8. The van der Waals surface area contributed by atoms with Crippen molar-refractivity contribution in [2.75, 3.05) is 14.7 Å². The molecule has 1 aromatic heterocycles. The summed E-state index contributed by atoms with van der Waals surface area (Å²) in [5.41, 5.74) is 27.7. The maximum absolute atomic E-state index is 7.97. The van der Waals surface area contributed by atoms with Crippen LogP contribution in [0.4, 0.5) is 45.5 Å². The summed E-state index contributed by atoms with van der Waals surface area (Å²) in [7, 11) is 0. The smallest absolute Gasteiger partial charge is 0.297 e. The third-order valence-electron chi connectivity index (χ3n) is 23.9. The van der Waals surface area contributed by atoms with Gasteiger partial charge >= 0.3 is 0 Å². The minimum Gasteiger partial charge on any atom is -0.468 e. The predicted molar refractivity (Wildman–Crippen MR) is 356 cm³/mol. The van der Waals surface area contributed by atoms with Crippen LogP contribution in [0.15, 0.2) is 101 Å². The minimum atomic E-state index is -0.176. The number of rotatable bonds is 3. The van der Waals surface area contributed by atoms with Crippen molar-refractivity contribution < 1.29 is 4.42 Å². The molecule has 14 rings (SSSR count). The summed E-state index contributed by atoms with van der Waals surface area (Å²) in [4.78, 5) is 8.37. The molecule has 3 aliphatic heterocycles. The molecule has 1 fully saturated rings. The number of hydrogen-bond donors (Lipinski definition) is 0. The van der Waals surface area contributed by atoms with Gasteiger partial charge in [0.05, 0.1) is 16.9 Å². The lowest BCUT2D eigenvalue weighted by molar-refractivity contribution is 0.195. The first-order chi connectivity index (χ1) is 38.6. The van der Waals surface area contributed by atoms with E-state index in [4.69, 9.17) is 4.42 Å². The largest absolute Gasteiger partial charge is 0.468 e. The van der Waals surface area contributed by atoms with E-state index in [1.165, 1.54) is 138 Å². The molecule has 2 atom stereocenters. The second-order valence-corrected chi connectivity index (χ2v) is 34.1. The number of fused-ring (bicyclic) bond motifs is 12. The number of hydrogen-bond acceptors (Lipinski definition) is 4. The molecule has 1 saturated carbocycles. The second kappa shape index (κ2) is 17.1. The molecule has 432 valence electrons. The van der Waals surface area contributed by atoms with Crippen molar-refractivity contribution in [1.29, 1.82) is 0 Å². The molecule has 7 aliphatic rings. The monoisotopic (exact) mass is 1100 g/mol. The Kier molecular flexibility index (Phi) is 11.3. The lowest BCUT2D eigenvalue weighted by atomic mass is 9.35. The molecule has 0 N–H and O–H groups in total. The SMILES string of the molecule is CC(C)(C)c1cc(N2c3cc4c(cc3B3c5oc6cc7c(cc6c5N(c5ccc6c(c5)C(C)(C)CCC6(C)C)c5cc(N6c8ccccc8C8(C)CCCCC68C)cc2c53)C(C)(C)CCC7(C)C)C(C)(C)CCC4(C)C)cc(C(C)(C)C)c1. The average molecular weight is 1100 g/mol. The first kappa shape index (κ1) is 55.2. The van der Waals surface area contributed by atoms with E-state index in [-0.39, 0.29) is 61.0 Å². The van der Waals surface area contributed by atoms with Crippen LogP contribution in [0.3, 0.4) is 0 Å². The number of para-hydroxylation sites is 1. The summed E-state index contributed by atoms with van der Waals surface area (Å²) in [6.45, 7) is 49.3. The molecule has 0 spiro atoms. The van der Waals surface area contributed by atoms with Crippen LogP contribution in [0.5, 0.6) is 0 Å². The molecule has 83 heavy (non-hydrogen) atoms. The normalized spacial score (nSPS) is 24.5. The molecule has 0 radical (unpaired) electrons. The van der Waals surface area contributed by atoms with Gasteiger partial charge in [0.25, 0.3) is 6.71 Å². The highest BCUT2D eigenvalue weighted by atomic mass is 16.3. The Labute approximate surface area is 500 Å². The molecule has 7 aromatic rings. The minimum absolute atomic E-state index is 0.00791. The highest BCUT2D eigenvalue weighted by molar-refractivity contribution is 7.00. The van der Waals surface area contributed by atoms with E-state index in [0.29, 0.717) is 0 Å². The van der Waals surface area contributed by atoms with Crippen LogP contribution in [0.2, 0.25) is 0 Å². The standard InChI is InChI=1S/C78H96BN3O/c1-69(2,3)47-37-48(70(4,5)6)39-50(38-47)80-62-45-58-57(74(13,14)34-35-75(58,15)16)44-60(62)79-66-63(80)41-51(82-61-26-22-21-25-54(61)77(19)29-23-24-30-78(77,82)20)42-64(66)81(49-27-28-53-55(40-49)72(9,10)32-31-71(53,7)8)67-52-43-56-59(46-65(52)83-68(67)79)76(17,18)36-33-73(56,11)12/h21-22,25-28,37-46H,23-24,29-36H2,1-20H3. The van der Waals surface area contributed by atoms with Gasteiger partial charge in [-0.2, -0.15) is 0 Å². The van der Waals surface area contributed by atoms with Crippen LogP contribution in [0.1, 0.15) is 253 Å². The Balaban J connectivity index is 1.18. The molecular weight excluding hydrogens is 1010 g/mol. The summed E-state index contributed by atoms with van der Waals surface area (Å²) >= 11 is 0. The first-order valence-corrected chi connectivity index (χ1v) is 32.4. The molecule has 0 amide bonds. The lowest BCUT2D eigenvalue weighted by Crippen LogP contribution is -2.61. The van der Waals surface area contributed by atoms with Gasteiger partial charge in [0.1, 0.15) is 5.58 Å². The molecule has 6 aromatic carbocycles. The van der Waals surface area contributed by atoms with E-state index in [1.807, 2.05) is 0 Å². The van der Waals surface area contributed by atoms with Crippen molar-refractivity contribution in [3.05, 3.63) is 147 Å². The van der Waals surface area contributed by atoms with Crippen LogP contribution in [0.25, 0.3) is 11.0 Å². The highest BCUT2D eigenvalue weighted by Crippen LogP contribution is 2.63. The van der Waals surface area contributed by atoms with Crippen molar-refractivity contribution in [1.82, 2.24) is 0 Å². The zero-order valence-corrected chi connectivity index (χ0v) is 54.6. The van der Waals surface area contributed by atoms with Gasteiger partial charge in [-0.1, -0.05) is 181 Å². The summed E-state index contributed by atoms with van der Waals surface area (Å²) in [5.74, 6) is 0. The van der Waals surface area contributed by atoms with Gasteiger partial charge < -0.3 is 19.1 Å². The van der Waals surface area contributed by atoms with Crippen LogP contribution < -0.4 is 31.3 Å². The van der Waals surface area contributed by atoms with Crippen molar-refractivity contribution in [3.8, 4) is 0 Å². The van der Waals surface area contributed by atoms with Gasteiger partial charge in [0.15, 0.2) is 0 Å². The molecule has 5 heteroatoms. The van der Waals surface area contributed by atoms with Crippen LogP contribution in [0, 0.1) is 0 Å². The Morgan fingerprint density at radius 2 is 0.916 bits per heavy atom. The molecule has 4 heterocycles. The Hall–Kier alpha value is -5.68. The molecule has 0 saturated heterocycles. The van der Waals surface area contributed by atoms with Gasteiger partial charge in [0.2, 0.25) is 0 Å². The van der Waals surface area contributed by atoms with Crippen molar-refractivity contribution in [2.45, 2.75) is 257 Å². The Bertz CT molecular complexity index is 3890. The molecule has 0 bridgehead atoms. The van der Waals surface area contributed by atoms with E-state index in [1.54, 1.807) is 0 Å². The second-order valence-electron chi connectivity index (χ2n) is 34.1. The van der Waals surface area contributed by atoms with Crippen molar-refractivity contribution >= 4 is 79.8 Å². The quantitative estimate of drug-likeness (QED) is 0.165. The van der Waals surface area contributed by atoms with E-state index < -0.39 is 0 Å². The summed E-state index contributed by atoms with van der Waals surface area (Å²) in [6, 6.07) is 40.7. The Morgan fingerprint density at radius 1 is 0.410 bits per heavy atom. The number of benzene rings is 6. The van der Waals surface area contributed by atoms with Crippen molar-refractivity contribution in [3.63, 3.8) is 0 Å². The maximum Gasteiger partial charge on any atom is 0.297 e. The molecular formula is C78H96BN3O. The topological polar surface area (TPSA) is 22.9 Å². The van der Waals surface area contributed by atoms with Gasteiger partial charge in [0, 0.05) is 50.6 Å². The summed E-state index contributed by atoms with van der Waals surface area (Å²) in [5, 5.41) is 1.23.